The van der Waals surface area contributed by atoms with Gasteiger partial charge in [-0.1, -0.05) is 13.8 Å². The van der Waals surface area contributed by atoms with Gasteiger partial charge in [-0.3, -0.25) is 0 Å². The molecule has 0 spiro atoms. The molecule has 3 atom stereocenters. The van der Waals surface area contributed by atoms with E-state index in [9.17, 15) is 5.11 Å². The number of likely N-dealkylation sites (tertiary alicyclic amines) is 1. The molecule has 1 saturated heterocycles. The summed E-state index contributed by atoms with van der Waals surface area (Å²) in [4.78, 5) is 2.39. The maximum absolute atomic E-state index is 10.0. The molecular weight excluding hydrogens is 188 g/mol. The summed E-state index contributed by atoms with van der Waals surface area (Å²) in [5.74, 6) is 0.677. The van der Waals surface area contributed by atoms with Crippen LogP contribution in [-0.2, 0) is 0 Å². The fourth-order valence-electron chi connectivity index (χ4n) is 2.40. The monoisotopic (exact) mass is 214 g/mol. The minimum Gasteiger partial charge on any atom is -0.389 e. The molecule has 0 aromatic carbocycles. The molecule has 0 aliphatic carbocycles. The second-order valence-electron chi connectivity index (χ2n) is 5.25. The standard InChI is InChI=1S/C12H26N2O/c1-5-12(3,15)9-14-7-6-11(13-4)10(2)8-14/h10-11,13,15H,5-9H2,1-4H3. The predicted molar refractivity (Wildman–Crippen MR) is 64.0 cm³/mol. The molecular formula is C12H26N2O. The topological polar surface area (TPSA) is 35.5 Å². The van der Waals surface area contributed by atoms with Crippen molar-refractivity contribution >= 4 is 0 Å². The van der Waals surface area contributed by atoms with Crippen LogP contribution < -0.4 is 5.32 Å². The second kappa shape index (κ2) is 5.28. The average molecular weight is 214 g/mol. The molecule has 0 amide bonds. The molecule has 15 heavy (non-hydrogen) atoms. The van der Waals surface area contributed by atoms with Crippen molar-refractivity contribution in [3.63, 3.8) is 0 Å². The minimum atomic E-state index is -0.522. The molecule has 0 saturated carbocycles. The van der Waals surface area contributed by atoms with Crippen LogP contribution in [0.5, 0.6) is 0 Å². The van der Waals surface area contributed by atoms with E-state index in [0.29, 0.717) is 12.0 Å². The lowest BCUT2D eigenvalue weighted by Gasteiger charge is -2.39. The molecule has 0 bridgehead atoms. The Labute approximate surface area is 93.9 Å². The van der Waals surface area contributed by atoms with Crippen molar-refractivity contribution in [3.8, 4) is 0 Å². The van der Waals surface area contributed by atoms with E-state index in [-0.39, 0.29) is 0 Å². The summed E-state index contributed by atoms with van der Waals surface area (Å²) in [5.41, 5.74) is -0.522. The highest BCUT2D eigenvalue weighted by molar-refractivity contribution is 4.85. The Bertz CT molecular complexity index is 194. The third kappa shape index (κ3) is 3.74. The van der Waals surface area contributed by atoms with Crippen LogP contribution in [0.4, 0.5) is 0 Å². The Morgan fingerprint density at radius 1 is 1.53 bits per heavy atom. The van der Waals surface area contributed by atoms with Crippen molar-refractivity contribution in [2.45, 2.75) is 45.3 Å². The Hall–Kier alpha value is -0.120. The lowest BCUT2D eigenvalue weighted by molar-refractivity contribution is 0.00142. The smallest absolute Gasteiger partial charge is 0.0743 e. The van der Waals surface area contributed by atoms with Gasteiger partial charge in [0.2, 0.25) is 0 Å². The van der Waals surface area contributed by atoms with Crippen molar-refractivity contribution in [2.24, 2.45) is 5.92 Å². The molecule has 3 unspecified atom stereocenters. The van der Waals surface area contributed by atoms with Crippen molar-refractivity contribution in [1.82, 2.24) is 10.2 Å². The molecule has 0 aromatic heterocycles. The van der Waals surface area contributed by atoms with Crippen LogP contribution in [0, 0.1) is 5.92 Å². The highest BCUT2D eigenvalue weighted by Gasteiger charge is 2.28. The van der Waals surface area contributed by atoms with E-state index in [4.69, 9.17) is 0 Å². The van der Waals surface area contributed by atoms with Gasteiger partial charge in [0.05, 0.1) is 5.60 Å². The van der Waals surface area contributed by atoms with Gasteiger partial charge in [-0.05, 0) is 39.3 Å². The van der Waals surface area contributed by atoms with Crippen LogP contribution in [-0.4, -0.2) is 48.3 Å². The Kier molecular flexibility index (Phi) is 4.56. The Morgan fingerprint density at radius 3 is 2.67 bits per heavy atom. The summed E-state index contributed by atoms with van der Waals surface area (Å²) in [7, 11) is 2.04. The van der Waals surface area contributed by atoms with Crippen LogP contribution in [0.15, 0.2) is 0 Å². The van der Waals surface area contributed by atoms with Crippen molar-refractivity contribution in [1.29, 1.82) is 0 Å². The fourth-order valence-corrected chi connectivity index (χ4v) is 2.40. The van der Waals surface area contributed by atoms with Gasteiger partial charge in [-0.15, -0.1) is 0 Å². The number of nitrogens with zero attached hydrogens (tertiary/aromatic N) is 1. The average Bonchev–Trinajstić information content (AvgIpc) is 2.17. The predicted octanol–water partition coefficient (Wildman–Crippen LogP) is 1.08. The summed E-state index contributed by atoms with van der Waals surface area (Å²) >= 11 is 0. The molecule has 1 aliphatic rings. The van der Waals surface area contributed by atoms with E-state index in [1.807, 2.05) is 20.9 Å². The van der Waals surface area contributed by atoms with Crippen molar-refractivity contribution in [3.05, 3.63) is 0 Å². The molecule has 1 heterocycles. The minimum absolute atomic E-state index is 0.522. The first kappa shape index (κ1) is 12.9. The molecule has 0 radical (unpaired) electrons. The number of piperidine rings is 1. The van der Waals surface area contributed by atoms with E-state index < -0.39 is 5.60 Å². The van der Waals surface area contributed by atoms with E-state index in [0.717, 1.165) is 26.1 Å². The number of hydrogen-bond donors (Lipinski definition) is 2. The summed E-state index contributed by atoms with van der Waals surface area (Å²) in [5, 5.41) is 13.4. The maximum Gasteiger partial charge on any atom is 0.0743 e. The molecule has 0 aromatic rings. The summed E-state index contributed by atoms with van der Waals surface area (Å²) < 4.78 is 0. The van der Waals surface area contributed by atoms with Gasteiger partial charge in [0.25, 0.3) is 0 Å². The van der Waals surface area contributed by atoms with Crippen LogP contribution in [0.3, 0.4) is 0 Å². The molecule has 1 aliphatic heterocycles. The first-order chi connectivity index (χ1) is 6.98. The quantitative estimate of drug-likeness (QED) is 0.735. The maximum atomic E-state index is 10.0. The van der Waals surface area contributed by atoms with Gasteiger partial charge >= 0.3 is 0 Å². The second-order valence-corrected chi connectivity index (χ2v) is 5.25. The fraction of sp³-hybridized carbons (Fsp3) is 1.00. The van der Waals surface area contributed by atoms with E-state index in [1.165, 1.54) is 6.42 Å². The number of nitrogens with one attached hydrogen (secondary N) is 1. The number of aliphatic hydroxyl groups is 1. The lowest BCUT2D eigenvalue weighted by Crippen LogP contribution is -2.51. The molecule has 3 nitrogen and oxygen atoms in total. The zero-order chi connectivity index (χ0) is 11.5. The van der Waals surface area contributed by atoms with Gasteiger partial charge in [0.1, 0.15) is 0 Å². The third-order valence-electron chi connectivity index (χ3n) is 3.69. The van der Waals surface area contributed by atoms with Gasteiger partial charge in [-0.25, -0.2) is 0 Å². The van der Waals surface area contributed by atoms with Crippen LogP contribution >= 0.6 is 0 Å². The highest BCUT2D eigenvalue weighted by atomic mass is 16.3. The lowest BCUT2D eigenvalue weighted by atomic mass is 9.92. The number of hydrogen-bond acceptors (Lipinski definition) is 3. The Balaban J connectivity index is 2.41. The third-order valence-corrected chi connectivity index (χ3v) is 3.69. The van der Waals surface area contributed by atoms with E-state index >= 15 is 0 Å². The zero-order valence-electron chi connectivity index (χ0n) is 10.6. The summed E-state index contributed by atoms with van der Waals surface area (Å²) in [6.45, 7) is 9.28. The Morgan fingerprint density at radius 2 is 2.20 bits per heavy atom. The van der Waals surface area contributed by atoms with Gasteiger partial charge in [0, 0.05) is 19.1 Å². The van der Waals surface area contributed by atoms with Crippen LogP contribution in [0.2, 0.25) is 0 Å². The van der Waals surface area contributed by atoms with Gasteiger partial charge in [-0.2, -0.15) is 0 Å². The molecule has 1 rings (SSSR count). The number of β-amino-alcohol motifs (C(OH)–C–C–N with tert-alkyl or cyclic N) is 1. The summed E-state index contributed by atoms with van der Waals surface area (Å²) in [6, 6.07) is 0.646. The first-order valence-electron chi connectivity index (χ1n) is 6.10. The molecule has 3 heteroatoms. The molecule has 1 fully saturated rings. The van der Waals surface area contributed by atoms with Crippen molar-refractivity contribution < 1.29 is 5.11 Å². The zero-order valence-corrected chi connectivity index (χ0v) is 10.6. The van der Waals surface area contributed by atoms with Crippen LogP contribution in [0.1, 0.15) is 33.6 Å². The number of rotatable bonds is 4. The van der Waals surface area contributed by atoms with Gasteiger partial charge in [0.15, 0.2) is 0 Å². The normalized spacial score (nSPS) is 32.6. The SMILES string of the molecule is CCC(C)(O)CN1CCC(NC)C(C)C1. The largest absolute Gasteiger partial charge is 0.389 e. The van der Waals surface area contributed by atoms with E-state index in [1.54, 1.807) is 0 Å². The molecule has 90 valence electrons. The van der Waals surface area contributed by atoms with Crippen molar-refractivity contribution in [2.75, 3.05) is 26.7 Å². The van der Waals surface area contributed by atoms with E-state index in [2.05, 4.69) is 17.1 Å². The van der Waals surface area contributed by atoms with Gasteiger partial charge < -0.3 is 15.3 Å². The first-order valence-corrected chi connectivity index (χ1v) is 6.10. The summed E-state index contributed by atoms with van der Waals surface area (Å²) in [6.07, 6.45) is 2.02. The highest BCUT2D eigenvalue weighted by Crippen LogP contribution is 2.19. The van der Waals surface area contributed by atoms with Crippen LogP contribution in [0.25, 0.3) is 0 Å². The molecule has 2 N–H and O–H groups in total.